The van der Waals surface area contributed by atoms with Crippen molar-refractivity contribution in [2.45, 2.75) is 26.0 Å². The van der Waals surface area contributed by atoms with Gasteiger partial charge < -0.3 is 9.64 Å². The van der Waals surface area contributed by atoms with Gasteiger partial charge in [-0.2, -0.15) is 0 Å². The summed E-state index contributed by atoms with van der Waals surface area (Å²) in [7, 11) is 0. The normalized spacial score (nSPS) is 20.1. The zero-order valence-electron chi connectivity index (χ0n) is 6.45. The fraction of sp³-hybridized carbons (Fsp3) is 0.714. The van der Waals surface area contributed by atoms with Gasteiger partial charge in [-0.15, -0.1) is 0 Å². The Morgan fingerprint density at radius 2 is 2.45 bits per heavy atom. The van der Waals surface area contributed by atoms with Gasteiger partial charge in [0.25, 0.3) is 6.47 Å². The Labute approximate surface area is 65.1 Å². The van der Waals surface area contributed by atoms with E-state index in [9.17, 15) is 9.59 Å². The van der Waals surface area contributed by atoms with E-state index in [0.29, 0.717) is 19.4 Å². The first-order valence-corrected chi connectivity index (χ1v) is 3.64. The third-order valence-electron chi connectivity index (χ3n) is 1.80. The largest absolute Gasteiger partial charge is 0.444 e. The molecule has 1 saturated heterocycles. The maximum Gasteiger partial charge on any atom is 0.294 e. The van der Waals surface area contributed by atoms with E-state index in [0.717, 1.165) is 6.42 Å². The third kappa shape index (κ3) is 1.69. The van der Waals surface area contributed by atoms with E-state index < -0.39 is 6.23 Å². The summed E-state index contributed by atoms with van der Waals surface area (Å²) in [5, 5.41) is 0. The second-order valence-electron chi connectivity index (χ2n) is 2.52. The van der Waals surface area contributed by atoms with Crippen molar-refractivity contribution in [3.63, 3.8) is 0 Å². The zero-order valence-corrected chi connectivity index (χ0v) is 6.45. The van der Waals surface area contributed by atoms with E-state index >= 15 is 0 Å². The van der Waals surface area contributed by atoms with Crippen LogP contribution < -0.4 is 0 Å². The standard InChI is InChI=1S/C7H11NO3/c1-6(11-5-9)8-4-2-3-7(8)10/h5-6H,2-4H2,1H3/t6-/m1/s1. The van der Waals surface area contributed by atoms with Crippen LogP contribution in [0.15, 0.2) is 0 Å². The minimum Gasteiger partial charge on any atom is -0.444 e. The molecule has 0 saturated carbocycles. The van der Waals surface area contributed by atoms with Gasteiger partial charge in [-0.3, -0.25) is 9.59 Å². The number of amides is 1. The van der Waals surface area contributed by atoms with Crippen molar-refractivity contribution >= 4 is 12.4 Å². The molecule has 1 amide bonds. The molecule has 1 aliphatic heterocycles. The number of rotatable bonds is 3. The third-order valence-corrected chi connectivity index (χ3v) is 1.80. The van der Waals surface area contributed by atoms with Crippen molar-refractivity contribution in [2.75, 3.05) is 6.54 Å². The Hall–Kier alpha value is -1.06. The maximum atomic E-state index is 11.0. The highest BCUT2D eigenvalue weighted by Crippen LogP contribution is 2.13. The highest BCUT2D eigenvalue weighted by molar-refractivity contribution is 5.78. The summed E-state index contributed by atoms with van der Waals surface area (Å²) in [5.74, 6) is 0.0688. The quantitative estimate of drug-likeness (QED) is 0.547. The Balaban J connectivity index is 2.45. The number of hydrogen-bond donors (Lipinski definition) is 0. The lowest BCUT2D eigenvalue weighted by Gasteiger charge is -2.21. The van der Waals surface area contributed by atoms with Crippen LogP contribution in [0.5, 0.6) is 0 Å². The predicted molar refractivity (Wildman–Crippen MR) is 37.6 cm³/mol. The monoisotopic (exact) mass is 157 g/mol. The average molecular weight is 157 g/mol. The van der Waals surface area contributed by atoms with Crippen LogP contribution in [0, 0.1) is 0 Å². The molecule has 1 heterocycles. The number of ether oxygens (including phenoxy) is 1. The van der Waals surface area contributed by atoms with Gasteiger partial charge in [-0.25, -0.2) is 0 Å². The number of nitrogens with zero attached hydrogens (tertiary/aromatic N) is 1. The number of hydrogen-bond acceptors (Lipinski definition) is 3. The molecule has 11 heavy (non-hydrogen) atoms. The van der Waals surface area contributed by atoms with Gasteiger partial charge in [-0.1, -0.05) is 0 Å². The molecule has 4 nitrogen and oxygen atoms in total. The molecule has 1 aliphatic rings. The second kappa shape index (κ2) is 3.37. The van der Waals surface area contributed by atoms with E-state index in [4.69, 9.17) is 0 Å². The molecule has 0 aromatic heterocycles. The summed E-state index contributed by atoms with van der Waals surface area (Å²) in [6.45, 7) is 2.77. The molecule has 0 aromatic rings. The summed E-state index contributed by atoms with van der Waals surface area (Å²) in [5.41, 5.74) is 0. The van der Waals surface area contributed by atoms with Gasteiger partial charge in [0.2, 0.25) is 5.91 Å². The van der Waals surface area contributed by atoms with Crippen LogP contribution in [-0.2, 0) is 14.3 Å². The maximum absolute atomic E-state index is 11.0. The molecule has 1 rings (SSSR count). The Bertz CT molecular complexity index is 169. The lowest BCUT2D eigenvalue weighted by molar-refractivity contribution is -0.149. The Morgan fingerprint density at radius 1 is 1.73 bits per heavy atom. The smallest absolute Gasteiger partial charge is 0.294 e. The first kappa shape index (κ1) is 8.04. The molecule has 4 heteroatoms. The molecule has 62 valence electrons. The van der Waals surface area contributed by atoms with Crippen LogP contribution in [0.2, 0.25) is 0 Å². The van der Waals surface area contributed by atoms with Crippen LogP contribution in [0.25, 0.3) is 0 Å². The van der Waals surface area contributed by atoms with E-state index in [1.165, 1.54) is 0 Å². The Kier molecular flexibility index (Phi) is 2.46. The van der Waals surface area contributed by atoms with E-state index in [-0.39, 0.29) is 5.91 Å². The number of carbonyl (C=O) groups excluding carboxylic acids is 2. The van der Waals surface area contributed by atoms with Gasteiger partial charge in [0, 0.05) is 13.0 Å². The summed E-state index contributed by atoms with van der Waals surface area (Å²) >= 11 is 0. The molecule has 0 radical (unpaired) electrons. The number of likely N-dealkylation sites (tertiary alicyclic amines) is 1. The van der Waals surface area contributed by atoms with Crippen molar-refractivity contribution in [2.24, 2.45) is 0 Å². The summed E-state index contributed by atoms with van der Waals surface area (Å²) in [6.07, 6.45) is 1.04. The van der Waals surface area contributed by atoms with Gasteiger partial charge >= 0.3 is 0 Å². The zero-order chi connectivity index (χ0) is 8.27. The summed E-state index contributed by atoms with van der Waals surface area (Å²) in [4.78, 5) is 22.5. The van der Waals surface area contributed by atoms with Crippen LogP contribution in [0.4, 0.5) is 0 Å². The molecular weight excluding hydrogens is 146 g/mol. The van der Waals surface area contributed by atoms with Gasteiger partial charge in [0.1, 0.15) is 0 Å². The minimum atomic E-state index is -0.400. The van der Waals surface area contributed by atoms with Crippen LogP contribution in [0.3, 0.4) is 0 Å². The van der Waals surface area contributed by atoms with Crippen LogP contribution in [0.1, 0.15) is 19.8 Å². The molecule has 0 spiro atoms. The molecule has 0 aromatic carbocycles. The molecular formula is C7H11NO3. The predicted octanol–water partition coefficient (Wildman–Crippen LogP) is 0.128. The van der Waals surface area contributed by atoms with Gasteiger partial charge in [0.15, 0.2) is 6.23 Å². The van der Waals surface area contributed by atoms with Crippen molar-refractivity contribution in [1.82, 2.24) is 4.90 Å². The van der Waals surface area contributed by atoms with E-state index in [2.05, 4.69) is 4.74 Å². The first-order chi connectivity index (χ1) is 5.25. The van der Waals surface area contributed by atoms with E-state index in [1.54, 1.807) is 11.8 Å². The molecule has 0 bridgehead atoms. The highest BCUT2D eigenvalue weighted by Gasteiger charge is 2.25. The van der Waals surface area contributed by atoms with Crippen LogP contribution in [-0.4, -0.2) is 30.1 Å². The van der Waals surface area contributed by atoms with Gasteiger partial charge in [0.05, 0.1) is 0 Å². The van der Waals surface area contributed by atoms with E-state index in [1.807, 2.05) is 0 Å². The minimum absolute atomic E-state index is 0.0688. The Morgan fingerprint density at radius 3 is 2.91 bits per heavy atom. The highest BCUT2D eigenvalue weighted by atomic mass is 16.5. The van der Waals surface area contributed by atoms with Crippen LogP contribution >= 0.6 is 0 Å². The van der Waals surface area contributed by atoms with Crippen molar-refractivity contribution < 1.29 is 14.3 Å². The average Bonchev–Trinajstić information content (AvgIpc) is 2.36. The molecule has 1 atom stereocenters. The summed E-state index contributed by atoms with van der Waals surface area (Å²) in [6, 6.07) is 0. The molecule has 0 unspecified atom stereocenters. The second-order valence-corrected chi connectivity index (χ2v) is 2.52. The molecule has 1 fully saturated rings. The number of carbonyl (C=O) groups is 2. The first-order valence-electron chi connectivity index (χ1n) is 3.64. The lowest BCUT2D eigenvalue weighted by atomic mass is 10.4. The lowest BCUT2D eigenvalue weighted by Crippen LogP contribution is -2.35. The fourth-order valence-electron chi connectivity index (χ4n) is 1.21. The molecule has 0 aliphatic carbocycles. The topological polar surface area (TPSA) is 46.6 Å². The fourth-order valence-corrected chi connectivity index (χ4v) is 1.21. The van der Waals surface area contributed by atoms with Crippen molar-refractivity contribution in [3.05, 3.63) is 0 Å². The van der Waals surface area contributed by atoms with Gasteiger partial charge in [-0.05, 0) is 13.3 Å². The SMILES string of the molecule is C[C@@H](OC=O)N1CCCC1=O. The summed E-state index contributed by atoms with van der Waals surface area (Å²) < 4.78 is 4.62. The molecule has 0 N–H and O–H groups in total. The van der Waals surface area contributed by atoms with Crippen molar-refractivity contribution in [1.29, 1.82) is 0 Å². The van der Waals surface area contributed by atoms with Crippen molar-refractivity contribution in [3.8, 4) is 0 Å².